The van der Waals surface area contributed by atoms with Gasteiger partial charge in [-0.05, 0) is 30.3 Å². The lowest BCUT2D eigenvalue weighted by Gasteiger charge is -2.34. The van der Waals surface area contributed by atoms with Crippen LogP contribution >= 0.6 is 0 Å². The van der Waals surface area contributed by atoms with Crippen molar-refractivity contribution in [1.29, 1.82) is 0 Å². The highest BCUT2D eigenvalue weighted by atomic mass is 16.5. The number of benzene rings is 1. The molecule has 26 heavy (non-hydrogen) atoms. The second-order valence-corrected chi connectivity index (χ2v) is 6.10. The maximum atomic E-state index is 5.95. The number of amidine groups is 1. The average molecular weight is 350 g/mol. The summed E-state index contributed by atoms with van der Waals surface area (Å²) in [7, 11) is 0. The third-order valence-corrected chi connectivity index (χ3v) is 4.40. The molecule has 134 valence electrons. The highest BCUT2D eigenvalue weighted by Crippen LogP contribution is 2.27. The molecule has 2 aliphatic rings. The Hall–Kier alpha value is -3.06. The Morgan fingerprint density at radius 2 is 1.88 bits per heavy atom. The van der Waals surface area contributed by atoms with Crippen molar-refractivity contribution in [3.8, 4) is 0 Å². The number of nitrogens with zero attached hydrogens (tertiary/aromatic N) is 4. The number of para-hydroxylation sites is 1. The molecule has 1 aromatic heterocycles. The fourth-order valence-electron chi connectivity index (χ4n) is 3.10. The smallest absolute Gasteiger partial charge is 0.203 e. The van der Waals surface area contributed by atoms with E-state index in [0.717, 1.165) is 43.5 Å². The SMILES string of the molecule is NC1=NC(Nc2ncccc2N2CCOCC2)N(c2ccccc2)C=C1. The van der Waals surface area contributed by atoms with Gasteiger partial charge in [0, 0.05) is 31.2 Å². The maximum Gasteiger partial charge on any atom is 0.203 e. The van der Waals surface area contributed by atoms with Crippen LogP contribution in [0.15, 0.2) is 65.9 Å². The standard InChI is InChI=1S/C19H22N6O/c20-17-8-10-25(15-5-2-1-3-6-15)19(22-17)23-18-16(7-4-9-21-18)24-11-13-26-14-12-24/h1-10,19H,11-14H2,(H2,20,22)(H,21,23). The number of morpholine rings is 1. The van der Waals surface area contributed by atoms with Gasteiger partial charge in [0.25, 0.3) is 0 Å². The fourth-order valence-corrected chi connectivity index (χ4v) is 3.10. The second-order valence-electron chi connectivity index (χ2n) is 6.10. The van der Waals surface area contributed by atoms with Gasteiger partial charge in [-0.2, -0.15) is 0 Å². The van der Waals surface area contributed by atoms with Crippen molar-refractivity contribution in [1.82, 2.24) is 4.98 Å². The largest absolute Gasteiger partial charge is 0.384 e. The molecule has 1 fully saturated rings. The number of ether oxygens (including phenoxy) is 1. The Morgan fingerprint density at radius 1 is 1.08 bits per heavy atom. The summed E-state index contributed by atoms with van der Waals surface area (Å²) in [5, 5.41) is 3.44. The van der Waals surface area contributed by atoms with Crippen LogP contribution in [-0.4, -0.2) is 43.4 Å². The average Bonchev–Trinajstić information content (AvgIpc) is 2.70. The van der Waals surface area contributed by atoms with Crippen molar-refractivity contribution in [3.63, 3.8) is 0 Å². The van der Waals surface area contributed by atoms with E-state index in [-0.39, 0.29) is 6.29 Å². The van der Waals surface area contributed by atoms with Gasteiger partial charge in [0.05, 0.1) is 18.9 Å². The first-order valence-electron chi connectivity index (χ1n) is 8.70. The van der Waals surface area contributed by atoms with Crippen LogP contribution < -0.4 is 20.9 Å². The lowest BCUT2D eigenvalue weighted by Crippen LogP contribution is -2.41. The van der Waals surface area contributed by atoms with Crippen molar-refractivity contribution < 1.29 is 4.74 Å². The van der Waals surface area contributed by atoms with Crippen LogP contribution in [0, 0.1) is 0 Å². The molecule has 7 nitrogen and oxygen atoms in total. The van der Waals surface area contributed by atoms with Crippen molar-refractivity contribution in [2.45, 2.75) is 6.29 Å². The van der Waals surface area contributed by atoms with Gasteiger partial charge >= 0.3 is 0 Å². The molecule has 0 amide bonds. The van der Waals surface area contributed by atoms with E-state index in [1.807, 2.05) is 47.5 Å². The van der Waals surface area contributed by atoms with Gasteiger partial charge in [-0.1, -0.05) is 18.2 Å². The van der Waals surface area contributed by atoms with E-state index >= 15 is 0 Å². The predicted octanol–water partition coefficient (Wildman–Crippen LogP) is 2.00. The lowest BCUT2D eigenvalue weighted by molar-refractivity contribution is 0.122. The molecule has 2 aliphatic heterocycles. The van der Waals surface area contributed by atoms with E-state index in [9.17, 15) is 0 Å². The van der Waals surface area contributed by atoms with Gasteiger partial charge in [0.15, 0.2) is 5.82 Å². The number of nitrogens with two attached hydrogens (primary N) is 1. The Bertz CT molecular complexity index is 801. The van der Waals surface area contributed by atoms with E-state index in [1.165, 1.54) is 0 Å². The Kier molecular flexibility index (Phi) is 4.70. The molecular weight excluding hydrogens is 328 g/mol. The first kappa shape index (κ1) is 16.4. The molecular formula is C19H22N6O. The zero-order chi connectivity index (χ0) is 17.8. The predicted molar refractivity (Wildman–Crippen MR) is 104 cm³/mol. The van der Waals surface area contributed by atoms with Crippen molar-refractivity contribution in [2.24, 2.45) is 10.7 Å². The van der Waals surface area contributed by atoms with Gasteiger partial charge in [0.2, 0.25) is 6.29 Å². The minimum absolute atomic E-state index is 0.364. The van der Waals surface area contributed by atoms with Crippen LogP contribution in [0.1, 0.15) is 0 Å². The van der Waals surface area contributed by atoms with Crippen LogP contribution in [0.5, 0.6) is 0 Å². The third-order valence-electron chi connectivity index (χ3n) is 4.40. The fraction of sp³-hybridized carbons (Fsp3) is 0.263. The van der Waals surface area contributed by atoms with Crippen LogP contribution in [-0.2, 0) is 4.74 Å². The van der Waals surface area contributed by atoms with E-state index < -0.39 is 0 Å². The molecule has 0 bridgehead atoms. The van der Waals surface area contributed by atoms with Crippen molar-refractivity contribution >= 4 is 23.0 Å². The summed E-state index contributed by atoms with van der Waals surface area (Å²) in [4.78, 5) is 13.4. The van der Waals surface area contributed by atoms with Crippen LogP contribution in [0.2, 0.25) is 0 Å². The summed E-state index contributed by atoms with van der Waals surface area (Å²) in [6.07, 6.45) is 5.15. The number of nitrogens with one attached hydrogen (secondary N) is 1. The number of aliphatic imine (C=N–C) groups is 1. The van der Waals surface area contributed by atoms with Crippen LogP contribution in [0.3, 0.4) is 0 Å². The Labute approximate surface area is 152 Å². The molecule has 7 heteroatoms. The van der Waals surface area contributed by atoms with Gasteiger partial charge in [-0.3, -0.25) is 0 Å². The van der Waals surface area contributed by atoms with E-state index in [0.29, 0.717) is 5.84 Å². The zero-order valence-corrected chi connectivity index (χ0v) is 14.5. The number of hydrogen-bond donors (Lipinski definition) is 2. The highest BCUT2D eigenvalue weighted by molar-refractivity contribution is 5.93. The lowest BCUT2D eigenvalue weighted by atomic mass is 10.2. The first-order chi connectivity index (χ1) is 12.8. The molecule has 0 radical (unpaired) electrons. The molecule has 0 aliphatic carbocycles. The van der Waals surface area contributed by atoms with Crippen molar-refractivity contribution in [3.05, 3.63) is 60.9 Å². The van der Waals surface area contributed by atoms with Crippen LogP contribution in [0.4, 0.5) is 17.2 Å². The van der Waals surface area contributed by atoms with Gasteiger partial charge in [-0.15, -0.1) is 0 Å². The van der Waals surface area contributed by atoms with E-state index in [4.69, 9.17) is 10.5 Å². The molecule has 1 aromatic carbocycles. The topological polar surface area (TPSA) is 79.0 Å². The molecule has 2 aromatic rings. The van der Waals surface area contributed by atoms with E-state index in [1.54, 1.807) is 12.3 Å². The normalized spacial score (nSPS) is 20.0. The molecule has 1 atom stereocenters. The third kappa shape index (κ3) is 3.48. The molecule has 1 saturated heterocycles. The summed E-state index contributed by atoms with van der Waals surface area (Å²) in [5.74, 6) is 1.27. The van der Waals surface area contributed by atoms with E-state index in [2.05, 4.69) is 26.3 Å². The summed E-state index contributed by atoms with van der Waals surface area (Å²) in [6, 6.07) is 14.1. The molecule has 4 rings (SSSR count). The summed E-state index contributed by atoms with van der Waals surface area (Å²) < 4.78 is 5.46. The minimum atomic E-state index is -0.364. The minimum Gasteiger partial charge on any atom is -0.384 e. The number of hydrogen-bond acceptors (Lipinski definition) is 7. The number of rotatable bonds is 4. The van der Waals surface area contributed by atoms with Gasteiger partial charge in [-0.25, -0.2) is 9.98 Å². The molecule has 0 spiro atoms. The zero-order valence-electron chi connectivity index (χ0n) is 14.5. The highest BCUT2D eigenvalue weighted by Gasteiger charge is 2.22. The first-order valence-corrected chi connectivity index (χ1v) is 8.70. The Morgan fingerprint density at radius 3 is 2.69 bits per heavy atom. The summed E-state index contributed by atoms with van der Waals surface area (Å²) in [5.41, 5.74) is 8.03. The van der Waals surface area contributed by atoms with Crippen LogP contribution in [0.25, 0.3) is 0 Å². The molecule has 1 unspecified atom stereocenters. The summed E-state index contributed by atoms with van der Waals surface area (Å²) in [6.45, 7) is 3.14. The number of anilines is 3. The maximum absolute atomic E-state index is 5.95. The molecule has 3 N–H and O–H groups in total. The number of pyridine rings is 1. The summed E-state index contributed by atoms with van der Waals surface area (Å²) >= 11 is 0. The molecule has 3 heterocycles. The second kappa shape index (κ2) is 7.45. The number of aromatic nitrogens is 1. The Balaban J connectivity index is 1.62. The van der Waals surface area contributed by atoms with Gasteiger partial charge < -0.3 is 25.6 Å². The van der Waals surface area contributed by atoms with Crippen molar-refractivity contribution in [2.75, 3.05) is 41.4 Å². The van der Waals surface area contributed by atoms with Gasteiger partial charge in [0.1, 0.15) is 5.84 Å². The quantitative estimate of drug-likeness (QED) is 0.878. The monoisotopic (exact) mass is 350 g/mol. The molecule has 0 saturated carbocycles.